The van der Waals surface area contributed by atoms with Gasteiger partial charge in [-0.05, 0) is 0 Å². The maximum atomic E-state index is 11.4. The highest BCUT2D eigenvalue weighted by atomic mass is 35.5. The maximum Gasteiger partial charge on any atom is 0.166 e. The lowest BCUT2D eigenvalue weighted by molar-refractivity contribution is 0.0897. The maximum absolute atomic E-state index is 11.4. The van der Waals surface area contributed by atoms with Crippen molar-refractivity contribution in [1.29, 1.82) is 0 Å². The molecule has 70 valence electrons. The van der Waals surface area contributed by atoms with E-state index in [2.05, 4.69) is 0 Å². The number of ether oxygens (including phenoxy) is 1. The molecule has 2 nitrogen and oxygen atoms in total. The minimum absolute atomic E-state index is 0.00227. The number of Topliss-reactive ketones (excluding diaryl/α,β-unsaturated/α-hetero) is 1. The van der Waals surface area contributed by atoms with Crippen LogP contribution in [0.2, 0.25) is 0 Å². The molecule has 0 saturated carbocycles. The molecule has 0 saturated heterocycles. The summed E-state index contributed by atoms with van der Waals surface area (Å²) in [5.74, 6) is 0.00227. The Morgan fingerprint density at radius 2 is 2.08 bits per heavy atom. The minimum Gasteiger partial charge on any atom is -0.365 e. The molecule has 0 aliphatic rings. The Hall–Kier alpha value is -0.860. The Morgan fingerprint density at radius 1 is 1.46 bits per heavy atom. The van der Waals surface area contributed by atoms with E-state index in [0.717, 1.165) is 0 Å². The summed E-state index contributed by atoms with van der Waals surface area (Å²) in [6.07, 6.45) is 0.210. The predicted octanol–water partition coefficient (Wildman–Crippen LogP) is 2.47. The average Bonchev–Trinajstić information content (AvgIpc) is 2.19. The van der Waals surface area contributed by atoms with Crippen LogP contribution in [0.5, 0.6) is 0 Å². The molecule has 0 aliphatic carbocycles. The number of hydrogen-bond donors (Lipinski definition) is 0. The van der Waals surface area contributed by atoms with Crippen molar-refractivity contribution in [3.05, 3.63) is 35.9 Å². The van der Waals surface area contributed by atoms with E-state index in [1.165, 1.54) is 7.11 Å². The molecule has 0 amide bonds. The number of alkyl halides is 1. The molecular weight excluding hydrogens is 188 g/mol. The van der Waals surface area contributed by atoms with Gasteiger partial charge in [-0.3, -0.25) is 4.79 Å². The number of hydrogen-bond acceptors (Lipinski definition) is 2. The lowest BCUT2D eigenvalue weighted by atomic mass is 10.1. The SMILES string of the molecule is COC(Cl)CC(=O)c1ccccc1. The van der Waals surface area contributed by atoms with Gasteiger partial charge in [-0.15, -0.1) is 0 Å². The Morgan fingerprint density at radius 3 is 2.62 bits per heavy atom. The predicted molar refractivity (Wildman–Crippen MR) is 52.0 cm³/mol. The number of carbonyl (C=O) groups is 1. The molecule has 0 N–H and O–H groups in total. The Bertz CT molecular complexity index is 272. The summed E-state index contributed by atoms with van der Waals surface area (Å²) in [4.78, 5) is 11.4. The van der Waals surface area contributed by atoms with Crippen LogP contribution in [0.3, 0.4) is 0 Å². The summed E-state index contributed by atoms with van der Waals surface area (Å²) in [6.45, 7) is 0. The first-order valence-electron chi connectivity index (χ1n) is 3.99. The van der Waals surface area contributed by atoms with E-state index < -0.39 is 5.56 Å². The van der Waals surface area contributed by atoms with Crippen LogP contribution < -0.4 is 0 Å². The van der Waals surface area contributed by atoms with Gasteiger partial charge in [0.2, 0.25) is 0 Å². The fourth-order valence-corrected chi connectivity index (χ4v) is 1.11. The van der Waals surface area contributed by atoms with Gasteiger partial charge in [-0.25, -0.2) is 0 Å². The molecule has 0 radical (unpaired) electrons. The Balaban J connectivity index is 2.59. The first kappa shape index (κ1) is 10.2. The molecule has 0 heterocycles. The molecular formula is C10H11ClO2. The third-order valence-electron chi connectivity index (χ3n) is 1.70. The van der Waals surface area contributed by atoms with E-state index in [1.807, 2.05) is 18.2 Å². The fraction of sp³-hybridized carbons (Fsp3) is 0.300. The highest BCUT2D eigenvalue weighted by Gasteiger charge is 2.10. The number of methoxy groups -OCH3 is 1. The van der Waals surface area contributed by atoms with E-state index >= 15 is 0 Å². The highest BCUT2D eigenvalue weighted by Crippen LogP contribution is 2.09. The second-order valence-corrected chi connectivity index (χ2v) is 3.13. The zero-order chi connectivity index (χ0) is 9.68. The van der Waals surface area contributed by atoms with Crippen molar-refractivity contribution in [2.75, 3.05) is 7.11 Å². The quantitative estimate of drug-likeness (QED) is 0.549. The second kappa shape index (κ2) is 5.00. The molecule has 1 rings (SSSR count). The lowest BCUT2D eigenvalue weighted by Crippen LogP contribution is -2.09. The monoisotopic (exact) mass is 198 g/mol. The molecule has 0 spiro atoms. The summed E-state index contributed by atoms with van der Waals surface area (Å²) in [7, 11) is 1.48. The third kappa shape index (κ3) is 3.17. The Labute approximate surface area is 82.5 Å². The van der Waals surface area contributed by atoms with Crippen molar-refractivity contribution >= 4 is 17.4 Å². The zero-order valence-corrected chi connectivity index (χ0v) is 8.12. The van der Waals surface area contributed by atoms with Crippen molar-refractivity contribution < 1.29 is 9.53 Å². The molecule has 0 aliphatic heterocycles. The fourth-order valence-electron chi connectivity index (χ4n) is 0.971. The minimum atomic E-state index is -0.535. The molecule has 1 atom stereocenters. The normalized spacial score (nSPS) is 12.5. The molecule has 1 aromatic carbocycles. The Kier molecular flexibility index (Phi) is 3.93. The second-order valence-electron chi connectivity index (χ2n) is 2.64. The van der Waals surface area contributed by atoms with Crippen LogP contribution >= 0.6 is 11.6 Å². The van der Waals surface area contributed by atoms with Crippen molar-refractivity contribution in [1.82, 2.24) is 0 Å². The van der Waals surface area contributed by atoms with Gasteiger partial charge in [0, 0.05) is 12.7 Å². The van der Waals surface area contributed by atoms with Gasteiger partial charge in [-0.2, -0.15) is 0 Å². The lowest BCUT2D eigenvalue weighted by Gasteiger charge is -2.05. The smallest absolute Gasteiger partial charge is 0.166 e. The van der Waals surface area contributed by atoms with Crippen LogP contribution in [0.25, 0.3) is 0 Å². The van der Waals surface area contributed by atoms with Crippen LogP contribution in [-0.4, -0.2) is 18.5 Å². The van der Waals surface area contributed by atoms with Gasteiger partial charge in [-0.1, -0.05) is 41.9 Å². The molecule has 0 fully saturated rings. The van der Waals surface area contributed by atoms with Gasteiger partial charge in [0.25, 0.3) is 0 Å². The largest absolute Gasteiger partial charge is 0.365 e. The van der Waals surface area contributed by atoms with Gasteiger partial charge in [0.05, 0.1) is 6.42 Å². The topological polar surface area (TPSA) is 26.3 Å². The summed E-state index contributed by atoms with van der Waals surface area (Å²) < 4.78 is 4.79. The summed E-state index contributed by atoms with van der Waals surface area (Å²) in [5, 5.41) is 0. The first-order chi connectivity index (χ1) is 6.24. The van der Waals surface area contributed by atoms with Crippen LogP contribution in [0, 0.1) is 0 Å². The van der Waals surface area contributed by atoms with Crippen LogP contribution in [-0.2, 0) is 4.74 Å². The van der Waals surface area contributed by atoms with Crippen molar-refractivity contribution in [2.24, 2.45) is 0 Å². The average molecular weight is 199 g/mol. The highest BCUT2D eigenvalue weighted by molar-refractivity contribution is 6.21. The van der Waals surface area contributed by atoms with E-state index in [0.29, 0.717) is 5.56 Å². The molecule has 3 heteroatoms. The molecule has 1 unspecified atom stereocenters. The van der Waals surface area contributed by atoms with E-state index in [1.54, 1.807) is 12.1 Å². The standard InChI is InChI=1S/C10H11ClO2/c1-13-10(11)7-9(12)8-5-3-2-4-6-8/h2-6,10H,7H2,1H3. The van der Waals surface area contributed by atoms with Crippen molar-refractivity contribution in [3.8, 4) is 0 Å². The zero-order valence-electron chi connectivity index (χ0n) is 7.37. The van der Waals surface area contributed by atoms with Gasteiger partial charge in [0.15, 0.2) is 5.78 Å². The number of halogens is 1. The summed E-state index contributed by atoms with van der Waals surface area (Å²) in [6, 6.07) is 9.04. The molecule has 0 aromatic heterocycles. The van der Waals surface area contributed by atoms with Gasteiger partial charge < -0.3 is 4.74 Å². The number of ketones is 1. The van der Waals surface area contributed by atoms with Gasteiger partial charge in [0.1, 0.15) is 5.56 Å². The third-order valence-corrected chi connectivity index (χ3v) is 2.03. The van der Waals surface area contributed by atoms with E-state index in [9.17, 15) is 4.79 Å². The number of benzene rings is 1. The van der Waals surface area contributed by atoms with Crippen LogP contribution in [0.1, 0.15) is 16.8 Å². The number of carbonyl (C=O) groups excluding carboxylic acids is 1. The molecule has 1 aromatic rings. The summed E-state index contributed by atoms with van der Waals surface area (Å²) >= 11 is 5.67. The summed E-state index contributed by atoms with van der Waals surface area (Å²) in [5.41, 5.74) is 0.137. The van der Waals surface area contributed by atoms with E-state index in [4.69, 9.17) is 16.3 Å². The van der Waals surface area contributed by atoms with Crippen LogP contribution in [0.4, 0.5) is 0 Å². The van der Waals surface area contributed by atoms with E-state index in [-0.39, 0.29) is 12.2 Å². The molecule has 13 heavy (non-hydrogen) atoms. The van der Waals surface area contributed by atoms with Gasteiger partial charge >= 0.3 is 0 Å². The first-order valence-corrected chi connectivity index (χ1v) is 4.43. The van der Waals surface area contributed by atoms with Crippen molar-refractivity contribution in [2.45, 2.75) is 12.0 Å². The molecule has 0 bridgehead atoms. The van der Waals surface area contributed by atoms with Crippen molar-refractivity contribution in [3.63, 3.8) is 0 Å². The number of rotatable bonds is 4. The van der Waals surface area contributed by atoms with Crippen LogP contribution in [0.15, 0.2) is 30.3 Å².